The topological polar surface area (TPSA) is 106 Å². The highest BCUT2D eigenvalue weighted by Gasteiger charge is 2.28. The molecular weight excluding hydrogens is 442 g/mol. The van der Waals surface area contributed by atoms with Crippen LogP contribution in [0.4, 0.5) is 4.79 Å². The predicted octanol–water partition coefficient (Wildman–Crippen LogP) is 5.78. The number of nitrogens with zero attached hydrogens (tertiary/aromatic N) is 1. The summed E-state index contributed by atoms with van der Waals surface area (Å²) in [5.74, 6) is -1.01. The van der Waals surface area contributed by atoms with Gasteiger partial charge in [-0.15, -0.1) is 11.3 Å². The molecule has 180 valence electrons. The molecule has 0 aliphatic rings. The fourth-order valence-corrected chi connectivity index (χ4v) is 4.62. The zero-order valence-corrected chi connectivity index (χ0v) is 20.7. The molecule has 1 N–H and O–H groups in total. The van der Waals surface area contributed by atoms with Gasteiger partial charge in [0.2, 0.25) is 0 Å². The fraction of sp³-hybridized carbons (Fsp3) is 0.520. The fourth-order valence-electron chi connectivity index (χ4n) is 3.52. The number of hydrogen-bond acceptors (Lipinski definition) is 7. The minimum Gasteiger partial charge on any atom is -0.507 e. The van der Waals surface area contributed by atoms with E-state index < -0.39 is 23.4 Å². The Morgan fingerprint density at radius 2 is 1.94 bits per heavy atom. The molecule has 3 unspecified atom stereocenters. The van der Waals surface area contributed by atoms with Crippen molar-refractivity contribution in [2.45, 2.75) is 65.7 Å². The molecule has 7 nitrogen and oxygen atoms in total. The molecule has 0 bridgehead atoms. The van der Waals surface area contributed by atoms with Crippen molar-refractivity contribution in [3.05, 3.63) is 49.7 Å². The van der Waals surface area contributed by atoms with Crippen molar-refractivity contribution < 1.29 is 23.8 Å². The Hall–Kier alpha value is -2.74. The number of aryl methyl sites for hydroxylation is 1. The average molecular weight is 476 g/mol. The Kier molecular flexibility index (Phi) is 10.0. The molecule has 0 aliphatic carbocycles. The first-order valence-electron chi connectivity index (χ1n) is 11.3. The molecule has 3 atom stereocenters. The van der Waals surface area contributed by atoms with Crippen molar-refractivity contribution >= 4 is 29.4 Å². The molecule has 0 saturated carbocycles. The molecule has 2 rings (SSSR count). The molecule has 8 heteroatoms. The molecule has 2 aromatic heterocycles. The number of ether oxygens (including phenoxy) is 1. The number of unbranched alkanes of at least 4 members (excludes halogenated alkanes) is 1. The van der Waals surface area contributed by atoms with E-state index in [4.69, 9.17) is 4.42 Å². The summed E-state index contributed by atoms with van der Waals surface area (Å²) in [5, 5.41) is 10.5. The van der Waals surface area contributed by atoms with Crippen molar-refractivity contribution in [2.24, 2.45) is 16.8 Å². The maximum atomic E-state index is 13.0. The number of Topliss-reactive ketones (excluding diaryl/α,β-unsaturated/α-hetero) is 1. The highest BCUT2D eigenvalue weighted by Crippen LogP contribution is 2.29. The third kappa shape index (κ3) is 7.39. The van der Waals surface area contributed by atoms with Gasteiger partial charge in [-0.2, -0.15) is 4.99 Å². The molecule has 0 radical (unpaired) electrons. The Balaban J connectivity index is 2.04. The number of carbonyl (C=O) groups is 2. The van der Waals surface area contributed by atoms with Crippen molar-refractivity contribution in [3.63, 3.8) is 0 Å². The van der Waals surface area contributed by atoms with Crippen LogP contribution in [0.15, 0.2) is 32.4 Å². The smallest absolute Gasteiger partial charge is 0.432 e. The summed E-state index contributed by atoms with van der Waals surface area (Å²) < 4.78 is 9.84. The minimum absolute atomic E-state index is 0.00455. The van der Waals surface area contributed by atoms with Crippen LogP contribution in [-0.4, -0.2) is 30.3 Å². The van der Waals surface area contributed by atoms with Crippen LogP contribution in [0.5, 0.6) is 5.75 Å². The Labute approximate surface area is 198 Å². The van der Waals surface area contributed by atoms with Gasteiger partial charge in [-0.1, -0.05) is 27.7 Å². The van der Waals surface area contributed by atoms with Crippen molar-refractivity contribution in [3.8, 4) is 5.75 Å². The van der Waals surface area contributed by atoms with E-state index in [1.54, 1.807) is 18.3 Å². The molecule has 0 aromatic carbocycles. The summed E-state index contributed by atoms with van der Waals surface area (Å²) in [6.07, 6.45) is 4.46. The third-order valence-corrected chi connectivity index (χ3v) is 7.13. The average Bonchev–Trinajstić information content (AvgIpc) is 3.24. The van der Waals surface area contributed by atoms with Gasteiger partial charge in [0, 0.05) is 33.9 Å². The quantitative estimate of drug-likeness (QED) is 0.251. The SMILES string of the molecule is CCc1ccc(CC(C)C(C)C(=O)c2c(O)cc(C(C)CCCC=NC(=O)OC)oc2=O)s1. The number of rotatable bonds is 11. The molecule has 0 aliphatic heterocycles. The molecule has 2 aromatic rings. The first-order chi connectivity index (χ1) is 15.7. The lowest BCUT2D eigenvalue weighted by Crippen LogP contribution is -2.26. The van der Waals surface area contributed by atoms with Crippen LogP contribution < -0.4 is 5.63 Å². The number of ketones is 1. The van der Waals surface area contributed by atoms with E-state index in [0.29, 0.717) is 25.0 Å². The second-order valence-corrected chi connectivity index (χ2v) is 9.62. The van der Waals surface area contributed by atoms with Gasteiger partial charge in [0.15, 0.2) is 5.78 Å². The van der Waals surface area contributed by atoms with Crippen molar-refractivity contribution in [1.29, 1.82) is 0 Å². The van der Waals surface area contributed by atoms with Gasteiger partial charge >= 0.3 is 11.7 Å². The van der Waals surface area contributed by atoms with Crippen LogP contribution in [0.3, 0.4) is 0 Å². The van der Waals surface area contributed by atoms with Gasteiger partial charge < -0.3 is 14.3 Å². The number of aromatic hydroxyl groups is 1. The molecular formula is C25H33NO6S. The van der Waals surface area contributed by atoms with Crippen LogP contribution in [0.2, 0.25) is 0 Å². The zero-order valence-electron chi connectivity index (χ0n) is 19.9. The van der Waals surface area contributed by atoms with E-state index in [1.165, 1.54) is 29.1 Å². The van der Waals surface area contributed by atoms with Gasteiger partial charge in [-0.05, 0) is 50.2 Å². The van der Waals surface area contributed by atoms with E-state index in [1.807, 2.05) is 13.8 Å². The van der Waals surface area contributed by atoms with E-state index >= 15 is 0 Å². The lowest BCUT2D eigenvalue weighted by atomic mass is 9.86. The van der Waals surface area contributed by atoms with Gasteiger partial charge in [0.05, 0.1) is 7.11 Å². The minimum atomic E-state index is -0.808. The van der Waals surface area contributed by atoms with Gasteiger partial charge in [-0.25, -0.2) is 9.59 Å². The maximum Gasteiger partial charge on any atom is 0.432 e. The van der Waals surface area contributed by atoms with E-state index in [-0.39, 0.29) is 23.1 Å². The summed E-state index contributed by atoms with van der Waals surface area (Å²) in [6, 6.07) is 5.55. The summed E-state index contributed by atoms with van der Waals surface area (Å²) in [4.78, 5) is 42.7. The van der Waals surface area contributed by atoms with Crippen molar-refractivity contribution in [1.82, 2.24) is 0 Å². The second-order valence-electron chi connectivity index (χ2n) is 8.37. The number of aliphatic imine (C=N–C) groups is 1. The number of thiophene rings is 1. The largest absolute Gasteiger partial charge is 0.507 e. The second kappa shape index (κ2) is 12.5. The van der Waals surface area contributed by atoms with Gasteiger partial charge in [0.25, 0.3) is 0 Å². The Morgan fingerprint density at radius 1 is 1.24 bits per heavy atom. The predicted molar refractivity (Wildman–Crippen MR) is 130 cm³/mol. The number of methoxy groups -OCH3 is 1. The summed E-state index contributed by atoms with van der Waals surface area (Å²) in [7, 11) is 1.26. The van der Waals surface area contributed by atoms with E-state index in [0.717, 1.165) is 12.8 Å². The lowest BCUT2D eigenvalue weighted by Gasteiger charge is -2.18. The zero-order chi connectivity index (χ0) is 24.5. The molecule has 1 amide bonds. The molecule has 0 spiro atoms. The number of amides is 1. The number of carbonyl (C=O) groups excluding carboxylic acids is 2. The van der Waals surface area contributed by atoms with Crippen LogP contribution in [0, 0.1) is 11.8 Å². The number of hydrogen-bond donors (Lipinski definition) is 1. The highest BCUT2D eigenvalue weighted by molar-refractivity contribution is 7.11. The summed E-state index contributed by atoms with van der Waals surface area (Å²) in [6.45, 7) is 7.74. The molecule has 0 fully saturated rings. The monoisotopic (exact) mass is 475 g/mol. The molecule has 0 saturated heterocycles. The summed E-state index contributed by atoms with van der Waals surface area (Å²) in [5.41, 5.74) is -1.09. The highest BCUT2D eigenvalue weighted by atomic mass is 32.1. The summed E-state index contributed by atoms with van der Waals surface area (Å²) >= 11 is 1.74. The van der Waals surface area contributed by atoms with Crippen LogP contribution in [0.25, 0.3) is 0 Å². The van der Waals surface area contributed by atoms with Crippen LogP contribution in [-0.2, 0) is 17.6 Å². The van der Waals surface area contributed by atoms with Crippen molar-refractivity contribution in [2.75, 3.05) is 7.11 Å². The standard InChI is InChI=1S/C25H33NO6S/c1-6-18-10-11-19(33-18)13-16(3)17(4)23(28)22-20(27)14-21(32-24(22)29)15(2)9-7-8-12-26-25(30)31-5/h10-12,14-17,27H,6-9,13H2,1-5H3. The molecule has 2 heterocycles. The van der Waals surface area contributed by atoms with E-state index in [2.05, 4.69) is 28.8 Å². The van der Waals surface area contributed by atoms with Gasteiger partial charge in [-0.3, -0.25) is 4.79 Å². The van der Waals surface area contributed by atoms with Crippen LogP contribution >= 0.6 is 11.3 Å². The third-order valence-electron chi connectivity index (χ3n) is 5.88. The lowest BCUT2D eigenvalue weighted by molar-refractivity contribution is 0.0885. The normalized spacial score (nSPS) is 14.2. The Bertz CT molecular complexity index is 1040. The van der Waals surface area contributed by atoms with Crippen LogP contribution in [0.1, 0.15) is 78.7 Å². The van der Waals surface area contributed by atoms with Gasteiger partial charge in [0.1, 0.15) is 17.1 Å². The Morgan fingerprint density at radius 3 is 2.55 bits per heavy atom. The first kappa shape index (κ1) is 26.5. The first-order valence-corrected chi connectivity index (χ1v) is 12.1. The maximum absolute atomic E-state index is 13.0. The van der Waals surface area contributed by atoms with E-state index in [9.17, 15) is 19.5 Å². The molecule has 33 heavy (non-hydrogen) atoms.